The van der Waals surface area contributed by atoms with Gasteiger partial charge >= 0.3 is 18.1 Å². The van der Waals surface area contributed by atoms with E-state index in [1.54, 1.807) is 0 Å². The fourth-order valence-electron chi connectivity index (χ4n) is 2.89. The molecule has 8 heteroatoms. The SMILES string of the molecule is CC(C)(C(=O)O)C1c2ccc(O)cc2CCN1C(=O)C(F)(F)F. The summed E-state index contributed by atoms with van der Waals surface area (Å²) in [5.74, 6) is -3.44. The number of carboxylic acid groups (broad SMARTS) is 1. The molecule has 1 aromatic carbocycles. The summed E-state index contributed by atoms with van der Waals surface area (Å²) < 4.78 is 38.6. The van der Waals surface area contributed by atoms with Crippen LogP contribution in [0.5, 0.6) is 5.75 Å². The van der Waals surface area contributed by atoms with Gasteiger partial charge in [0, 0.05) is 6.54 Å². The van der Waals surface area contributed by atoms with E-state index in [1.165, 1.54) is 32.0 Å². The highest BCUT2D eigenvalue weighted by atomic mass is 19.4. The van der Waals surface area contributed by atoms with E-state index in [2.05, 4.69) is 0 Å². The molecule has 0 radical (unpaired) electrons. The molecule has 5 nitrogen and oxygen atoms in total. The van der Waals surface area contributed by atoms with Crippen LogP contribution in [0.15, 0.2) is 18.2 Å². The second-order valence-corrected chi connectivity index (χ2v) is 6.06. The van der Waals surface area contributed by atoms with E-state index in [-0.39, 0.29) is 18.7 Å². The van der Waals surface area contributed by atoms with Crippen LogP contribution in [0.1, 0.15) is 31.0 Å². The van der Waals surface area contributed by atoms with Crippen molar-refractivity contribution in [3.05, 3.63) is 29.3 Å². The molecule has 1 atom stereocenters. The number of amides is 1. The van der Waals surface area contributed by atoms with E-state index in [4.69, 9.17) is 0 Å². The lowest BCUT2D eigenvalue weighted by molar-refractivity contribution is -0.192. The molecule has 0 saturated heterocycles. The van der Waals surface area contributed by atoms with Crippen LogP contribution in [0, 0.1) is 5.41 Å². The first-order valence-corrected chi connectivity index (χ1v) is 6.89. The molecule has 0 spiro atoms. The molecule has 0 fully saturated rings. The number of aromatic hydroxyl groups is 1. The van der Waals surface area contributed by atoms with Gasteiger partial charge in [-0.3, -0.25) is 9.59 Å². The van der Waals surface area contributed by atoms with Gasteiger partial charge in [-0.25, -0.2) is 0 Å². The number of hydrogen-bond acceptors (Lipinski definition) is 3. The molecular weight excluding hydrogens is 315 g/mol. The number of carbonyl (C=O) groups is 2. The maximum atomic E-state index is 12.9. The lowest BCUT2D eigenvalue weighted by atomic mass is 9.75. The molecular formula is C15H16F3NO4. The van der Waals surface area contributed by atoms with Crippen molar-refractivity contribution >= 4 is 11.9 Å². The number of carbonyl (C=O) groups excluding carboxylic acids is 1. The highest BCUT2D eigenvalue weighted by Gasteiger charge is 2.52. The van der Waals surface area contributed by atoms with Crippen LogP contribution in [-0.2, 0) is 16.0 Å². The van der Waals surface area contributed by atoms with Gasteiger partial charge in [-0.2, -0.15) is 13.2 Å². The predicted molar refractivity (Wildman–Crippen MR) is 73.7 cm³/mol. The number of benzene rings is 1. The van der Waals surface area contributed by atoms with Crippen molar-refractivity contribution in [2.45, 2.75) is 32.5 Å². The fourth-order valence-corrected chi connectivity index (χ4v) is 2.89. The summed E-state index contributed by atoms with van der Waals surface area (Å²) >= 11 is 0. The largest absolute Gasteiger partial charge is 0.508 e. The first-order valence-electron chi connectivity index (χ1n) is 6.89. The van der Waals surface area contributed by atoms with Crippen LogP contribution in [0.4, 0.5) is 13.2 Å². The number of carboxylic acids is 1. The van der Waals surface area contributed by atoms with Gasteiger partial charge in [0.1, 0.15) is 5.75 Å². The normalized spacial score (nSPS) is 18.5. The Balaban J connectivity index is 2.60. The molecule has 1 heterocycles. The molecule has 0 aliphatic carbocycles. The Morgan fingerprint density at radius 1 is 1.26 bits per heavy atom. The summed E-state index contributed by atoms with van der Waals surface area (Å²) in [5.41, 5.74) is -0.790. The molecule has 1 aromatic rings. The molecule has 0 saturated carbocycles. The van der Waals surface area contributed by atoms with Crippen molar-refractivity contribution in [2.75, 3.05) is 6.54 Å². The van der Waals surface area contributed by atoms with Gasteiger partial charge < -0.3 is 15.1 Å². The summed E-state index contributed by atoms with van der Waals surface area (Å²) in [6.07, 6.45) is -4.97. The van der Waals surface area contributed by atoms with Crippen molar-refractivity contribution in [2.24, 2.45) is 5.41 Å². The standard InChI is InChI=1S/C15H16F3NO4/c1-14(2,13(22)23)11-10-4-3-9(20)7-8(10)5-6-19(11)12(21)15(16,17)18/h3-4,7,11,20H,5-6H2,1-2H3,(H,22,23). The minimum absolute atomic E-state index is 0.0637. The quantitative estimate of drug-likeness (QED) is 0.873. The third-order valence-electron chi connectivity index (χ3n) is 4.09. The minimum Gasteiger partial charge on any atom is -0.508 e. The monoisotopic (exact) mass is 331 g/mol. The highest BCUT2D eigenvalue weighted by molar-refractivity contribution is 5.84. The van der Waals surface area contributed by atoms with Crippen LogP contribution in [-0.4, -0.2) is 39.7 Å². The van der Waals surface area contributed by atoms with Gasteiger partial charge in [0.25, 0.3) is 0 Å². The van der Waals surface area contributed by atoms with Crippen molar-refractivity contribution in [1.29, 1.82) is 0 Å². The molecule has 1 aliphatic rings. The molecule has 2 rings (SSSR count). The van der Waals surface area contributed by atoms with Crippen LogP contribution in [0.2, 0.25) is 0 Å². The second kappa shape index (κ2) is 5.43. The Kier molecular flexibility index (Phi) is 4.04. The first-order chi connectivity index (χ1) is 10.5. The topological polar surface area (TPSA) is 77.8 Å². The Hall–Kier alpha value is -2.25. The van der Waals surface area contributed by atoms with E-state index in [0.717, 1.165) is 0 Å². The maximum absolute atomic E-state index is 12.9. The summed E-state index contributed by atoms with van der Waals surface area (Å²) in [4.78, 5) is 23.8. The maximum Gasteiger partial charge on any atom is 0.471 e. The van der Waals surface area contributed by atoms with E-state index < -0.39 is 29.5 Å². The Morgan fingerprint density at radius 2 is 1.87 bits per heavy atom. The molecule has 0 bridgehead atoms. The first kappa shape index (κ1) is 17.1. The van der Waals surface area contributed by atoms with Crippen LogP contribution >= 0.6 is 0 Å². The summed E-state index contributed by atoms with van der Waals surface area (Å²) in [5, 5.41) is 18.9. The van der Waals surface area contributed by atoms with Gasteiger partial charge in [0.05, 0.1) is 11.5 Å². The number of fused-ring (bicyclic) bond motifs is 1. The van der Waals surface area contributed by atoms with E-state index >= 15 is 0 Å². The molecule has 0 aromatic heterocycles. The van der Waals surface area contributed by atoms with E-state index in [1.807, 2.05) is 0 Å². The van der Waals surface area contributed by atoms with E-state index in [9.17, 15) is 33.0 Å². The van der Waals surface area contributed by atoms with Crippen molar-refractivity contribution in [3.8, 4) is 5.75 Å². The fraction of sp³-hybridized carbons (Fsp3) is 0.467. The molecule has 126 valence electrons. The van der Waals surface area contributed by atoms with Crippen LogP contribution in [0.3, 0.4) is 0 Å². The third-order valence-corrected chi connectivity index (χ3v) is 4.09. The molecule has 23 heavy (non-hydrogen) atoms. The summed E-state index contributed by atoms with van der Waals surface area (Å²) in [7, 11) is 0. The number of alkyl halides is 3. The number of hydrogen-bond donors (Lipinski definition) is 2. The lowest BCUT2D eigenvalue weighted by Gasteiger charge is -2.44. The second-order valence-electron chi connectivity index (χ2n) is 6.06. The number of aliphatic carboxylic acids is 1. The summed E-state index contributed by atoms with van der Waals surface area (Å²) in [6.45, 7) is 2.29. The van der Waals surface area contributed by atoms with Crippen LogP contribution < -0.4 is 0 Å². The zero-order valence-corrected chi connectivity index (χ0v) is 12.5. The smallest absolute Gasteiger partial charge is 0.471 e. The highest BCUT2D eigenvalue weighted by Crippen LogP contribution is 2.44. The minimum atomic E-state index is -5.08. The Morgan fingerprint density at radius 3 is 2.39 bits per heavy atom. The molecule has 1 amide bonds. The lowest BCUT2D eigenvalue weighted by Crippen LogP contribution is -2.52. The third kappa shape index (κ3) is 2.97. The summed E-state index contributed by atoms with van der Waals surface area (Å²) in [6, 6.07) is 2.75. The van der Waals surface area contributed by atoms with Crippen LogP contribution in [0.25, 0.3) is 0 Å². The zero-order valence-electron chi connectivity index (χ0n) is 12.5. The average Bonchev–Trinajstić information content (AvgIpc) is 2.43. The predicted octanol–water partition coefficient (Wildman–Crippen LogP) is 2.49. The molecule has 1 unspecified atom stereocenters. The Labute approximate surface area is 130 Å². The number of nitrogens with zero attached hydrogens (tertiary/aromatic N) is 1. The van der Waals surface area contributed by atoms with Crippen molar-refractivity contribution in [1.82, 2.24) is 4.90 Å². The average molecular weight is 331 g/mol. The number of halogens is 3. The zero-order chi connectivity index (χ0) is 17.6. The number of phenols is 1. The van der Waals surface area contributed by atoms with E-state index in [0.29, 0.717) is 16.0 Å². The van der Waals surface area contributed by atoms with Crippen molar-refractivity contribution in [3.63, 3.8) is 0 Å². The van der Waals surface area contributed by atoms with Crippen molar-refractivity contribution < 1.29 is 33.0 Å². The number of phenolic OH excluding ortho intramolecular Hbond substituents is 1. The Bertz CT molecular complexity index is 655. The molecule has 1 aliphatic heterocycles. The van der Waals surface area contributed by atoms with Gasteiger partial charge in [-0.15, -0.1) is 0 Å². The van der Waals surface area contributed by atoms with Gasteiger partial charge in [-0.1, -0.05) is 6.07 Å². The van der Waals surface area contributed by atoms with Gasteiger partial charge in [0.2, 0.25) is 0 Å². The van der Waals surface area contributed by atoms with Gasteiger partial charge in [0.15, 0.2) is 0 Å². The molecule has 2 N–H and O–H groups in total. The number of rotatable bonds is 2. The van der Waals surface area contributed by atoms with Gasteiger partial charge in [-0.05, 0) is 43.5 Å².